The maximum absolute atomic E-state index is 2.70. The van der Waals surface area contributed by atoms with E-state index in [9.17, 15) is 0 Å². The number of fused-ring (bicyclic) bond motifs is 2. The predicted octanol–water partition coefficient (Wildman–Crippen LogP) is 3.47. The largest absolute Gasteiger partial charge is 1.00 e. The van der Waals surface area contributed by atoms with Crippen molar-refractivity contribution in [3.63, 3.8) is 0 Å². The van der Waals surface area contributed by atoms with Crippen LogP contribution < -0.4 is 24.8 Å². The van der Waals surface area contributed by atoms with Gasteiger partial charge in [-0.1, -0.05) is 0 Å². The van der Waals surface area contributed by atoms with Gasteiger partial charge in [-0.25, -0.2) is 0 Å². The van der Waals surface area contributed by atoms with Crippen molar-refractivity contribution in [1.82, 2.24) is 0 Å². The van der Waals surface area contributed by atoms with Gasteiger partial charge < -0.3 is 24.8 Å². The summed E-state index contributed by atoms with van der Waals surface area (Å²) in [6, 6.07) is 41.1. The Morgan fingerprint density at radius 2 is 0.850 bits per heavy atom. The Labute approximate surface area is 260 Å². The van der Waals surface area contributed by atoms with Gasteiger partial charge in [0, 0.05) is 0 Å². The van der Waals surface area contributed by atoms with Crippen LogP contribution in [-0.4, -0.2) is 3.21 Å². The normalized spacial score (nSPS) is 16.6. The van der Waals surface area contributed by atoms with Crippen molar-refractivity contribution in [3.8, 4) is 0 Å². The Bertz CT molecular complexity index is 1450. The van der Waals surface area contributed by atoms with Gasteiger partial charge in [-0.05, 0) is 0 Å². The summed E-state index contributed by atoms with van der Waals surface area (Å²) in [5, 5.41) is 0. The molecule has 2 unspecified atom stereocenters. The molecule has 2 aliphatic rings. The number of hydrogen-bond acceptors (Lipinski definition) is 0. The topological polar surface area (TPSA) is 0 Å². The first-order valence-electron chi connectivity index (χ1n) is 14.0. The van der Waals surface area contributed by atoms with Crippen molar-refractivity contribution in [2.24, 2.45) is 11.8 Å². The van der Waals surface area contributed by atoms with Crippen LogP contribution in [-0.2, 0) is 21.3 Å². The van der Waals surface area contributed by atoms with E-state index in [1.807, 2.05) is 0 Å². The van der Waals surface area contributed by atoms with Gasteiger partial charge in [0.05, 0.1) is 0 Å². The van der Waals surface area contributed by atoms with Gasteiger partial charge in [0.15, 0.2) is 0 Å². The molecule has 2 atom stereocenters. The number of rotatable bonds is 6. The zero-order valence-corrected chi connectivity index (χ0v) is 27.6. The molecule has 6 rings (SSSR count). The van der Waals surface area contributed by atoms with E-state index in [0.717, 1.165) is 0 Å². The summed E-state index contributed by atoms with van der Waals surface area (Å²) in [5.74, 6) is 1.03. The van der Waals surface area contributed by atoms with E-state index in [1.165, 1.54) is 22.3 Å². The van der Waals surface area contributed by atoms with Gasteiger partial charge in [-0.2, -0.15) is 0 Å². The van der Waals surface area contributed by atoms with E-state index < -0.39 is 21.3 Å². The van der Waals surface area contributed by atoms with Crippen molar-refractivity contribution in [2.75, 3.05) is 0 Å². The molecule has 4 aromatic rings. The molecular weight excluding hydrogens is 607 g/mol. The Morgan fingerprint density at radius 1 is 0.500 bits per heavy atom. The van der Waals surface area contributed by atoms with Crippen molar-refractivity contribution < 1.29 is 46.1 Å². The van der Waals surface area contributed by atoms with Crippen LogP contribution >= 0.6 is 0 Å². The molecule has 0 saturated heterocycles. The molecule has 0 aliphatic heterocycles. The van der Waals surface area contributed by atoms with Crippen molar-refractivity contribution in [2.45, 2.75) is 34.9 Å². The second kappa shape index (κ2) is 13.1. The molecule has 202 valence electrons. The molecule has 2 aliphatic carbocycles. The maximum atomic E-state index is 2.54. The summed E-state index contributed by atoms with van der Waals surface area (Å²) in [6.45, 7) is 9.60. The van der Waals surface area contributed by atoms with Crippen LogP contribution in [0.5, 0.6) is 0 Å². The molecule has 0 aromatic heterocycles. The van der Waals surface area contributed by atoms with Crippen molar-refractivity contribution >= 4 is 15.4 Å². The minimum absolute atomic E-state index is 0. The third-order valence-electron chi connectivity index (χ3n) is 8.29. The van der Waals surface area contributed by atoms with Crippen molar-refractivity contribution in [3.05, 3.63) is 154 Å². The van der Waals surface area contributed by atoms with Crippen LogP contribution in [0.1, 0.15) is 68.3 Å². The summed E-state index contributed by atoms with van der Waals surface area (Å²) in [6.07, 6.45) is 5.08. The minimum Gasteiger partial charge on any atom is -1.00 e. The van der Waals surface area contributed by atoms with Crippen LogP contribution in [0.3, 0.4) is 0 Å². The van der Waals surface area contributed by atoms with Crippen LogP contribution in [0, 0.1) is 11.8 Å². The smallest absolute Gasteiger partial charge is 1.00 e. The third kappa shape index (κ3) is 5.59. The van der Waals surface area contributed by atoms with E-state index in [4.69, 9.17) is 0 Å². The average molecular weight is 643 g/mol. The number of hydrogen-bond donors (Lipinski definition) is 0. The van der Waals surface area contributed by atoms with Crippen molar-refractivity contribution in [1.29, 1.82) is 0 Å². The van der Waals surface area contributed by atoms with E-state index in [0.29, 0.717) is 19.1 Å². The SMILES string of the molecule is CC(C)C1=Cc2ccccc2[CH]1[Zr+2](=[C](c1ccccc1)c1ccccc1)[CH]1C(C(C)C)=Cc2ccccc21.[Cl-].[Cl-]. The van der Waals surface area contributed by atoms with Gasteiger partial charge in [0.2, 0.25) is 0 Å². The summed E-state index contributed by atoms with van der Waals surface area (Å²) >= 11 is -2.70. The first kappa shape index (κ1) is 30.6. The molecule has 0 saturated carbocycles. The van der Waals surface area contributed by atoms with Crippen LogP contribution in [0.2, 0.25) is 0 Å². The minimum atomic E-state index is -2.70. The fraction of sp³-hybridized carbons (Fsp3) is 0.216. The monoisotopic (exact) mass is 640 g/mol. The van der Waals surface area contributed by atoms with Crippen LogP contribution in [0.25, 0.3) is 12.2 Å². The summed E-state index contributed by atoms with van der Waals surface area (Å²) in [5.41, 5.74) is 12.1. The Balaban J connectivity index is 0.00000185. The van der Waals surface area contributed by atoms with Gasteiger partial charge in [0.25, 0.3) is 0 Å². The Morgan fingerprint density at radius 3 is 1.23 bits per heavy atom. The molecule has 0 amide bonds. The first-order valence-corrected chi connectivity index (χ1v) is 18.1. The fourth-order valence-corrected chi connectivity index (χ4v) is 18.0. The first-order chi connectivity index (χ1) is 18.5. The molecule has 0 bridgehead atoms. The number of halogens is 2. The molecule has 0 spiro atoms. The molecule has 0 fully saturated rings. The summed E-state index contributed by atoms with van der Waals surface area (Å²) in [7, 11) is 0. The van der Waals surface area contributed by atoms with Crippen LogP contribution in [0.4, 0.5) is 0 Å². The molecule has 40 heavy (non-hydrogen) atoms. The van der Waals surface area contributed by atoms with E-state index in [1.54, 1.807) is 25.5 Å². The second-order valence-electron chi connectivity index (χ2n) is 11.3. The molecule has 4 aromatic carbocycles. The summed E-state index contributed by atoms with van der Waals surface area (Å²) < 4.78 is 2.65. The quantitative estimate of drug-likeness (QED) is 0.303. The Hall–Kier alpha value is -2.31. The average Bonchev–Trinajstić information content (AvgIpc) is 3.52. The molecule has 0 N–H and O–H groups in total. The van der Waals surface area contributed by atoms with E-state index in [2.05, 4.69) is 149 Å². The van der Waals surface area contributed by atoms with E-state index >= 15 is 0 Å². The molecule has 3 heteroatoms. The molecule has 0 heterocycles. The van der Waals surface area contributed by atoms with Gasteiger partial charge in [-0.15, -0.1) is 0 Å². The fourth-order valence-electron chi connectivity index (χ4n) is 6.55. The molecule has 0 radical (unpaired) electrons. The molecular formula is C37H36Cl2Zr. The zero-order valence-electron chi connectivity index (χ0n) is 23.6. The maximum Gasteiger partial charge on any atom is -1.00 e. The molecule has 0 nitrogen and oxygen atoms in total. The van der Waals surface area contributed by atoms with Gasteiger partial charge in [-0.3, -0.25) is 0 Å². The Kier molecular flexibility index (Phi) is 10.1. The summed E-state index contributed by atoms with van der Waals surface area (Å²) in [4.78, 5) is 0. The van der Waals surface area contributed by atoms with Crippen LogP contribution in [0.15, 0.2) is 120 Å². The van der Waals surface area contributed by atoms with Gasteiger partial charge in [0.1, 0.15) is 0 Å². The third-order valence-corrected chi connectivity index (χ3v) is 17.4. The van der Waals surface area contributed by atoms with E-state index in [-0.39, 0.29) is 24.8 Å². The number of allylic oxidation sites excluding steroid dienone is 2. The predicted molar refractivity (Wildman–Crippen MR) is 160 cm³/mol. The zero-order chi connectivity index (χ0) is 26.2. The standard InChI is InChI=1S/C13H10.2C12H13.2ClH.Zr/c1-3-7-12(8-4-1)11-13-9-5-2-6-10-13;2*1-9(2)12-7-10-5-3-4-6-11(10)8-12;;;/h1-10H;2*3-9H,1-2H3;2*1H;/q;;;;;+2/p-2. The van der Waals surface area contributed by atoms with Gasteiger partial charge >= 0.3 is 237 Å². The second-order valence-corrected chi connectivity index (χ2v) is 17.6. The number of benzene rings is 4.